The zero-order valence-electron chi connectivity index (χ0n) is 10.5. The van der Waals surface area contributed by atoms with E-state index in [1.807, 2.05) is 0 Å². The zero-order valence-corrected chi connectivity index (χ0v) is 13.5. The largest absolute Gasteiger partial charge is 0.679 e. The molecule has 0 fully saturated rings. The van der Waals surface area contributed by atoms with Gasteiger partial charge in [0.25, 0.3) is 0 Å². The van der Waals surface area contributed by atoms with Crippen LogP contribution in [0.2, 0.25) is 0 Å². The van der Waals surface area contributed by atoms with Crippen LogP contribution in [0.5, 0.6) is 0 Å². The molecule has 0 aliphatic carbocycles. The molecule has 7 heteroatoms. The third-order valence-electron chi connectivity index (χ3n) is 1.74. The second-order valence-corrected chi connectivity index (χ2v) is 3.26. The van der Waals surface area contributed by atoms with Gasteiger partial charge in [-0.2, -0.15) is 13.1 Å². The molecule has 0 spiro atoms. The minimum absolute atomic E-state index is 0.0823. The Kier molecular flexibility index (Phi) is 28.6. The molecular formula is C10H23ClN4OPt-3. The molecule has 3 N–H and O–H groups in total. The first-order chi connectivity index (χ1) is 8.09. The van der Waals surface area contributed by atoms with Gasteiger partial charge in [-0.05, 0) is 13.5 Å². The molecule has 109 valence electrons. The van der Waals surface area contributed by atoms with Crippen molar-refractivity contribution in [1.82, 2.24) is 5.01 Å². The number of rotatable bonds is 6. The Morgan fingerprint density at radius 1 is 1.18 bits per heavy atom. The smallest absolute Gasteiger partial charge is 0.171 e. The van der Waals surface area contributed by atoms with Crippen molar-refractivity contribution in [3.63, 3.8) is 0 Å². The first kappa shape index (κ1) is 22.5. The normalized spacial score (nSPS) is 8.47. The standard InChI is InChI=1S/C8H17N2O.C2H6N2.ClH.Pt/c1-3-4-5-6-7-8(11)10(2)9;3-1-2-4;;/h9H,3-7H2,1-2H3;3-4H,1-2H2;1H;/q-1;-2;;+1/p-1. The van der Waals surface area contributed by atoms with Crippen molar-refractivity contribution in [2.75, 3.05) is 20.1 Å². The fourth-order valence-corrected chi connectivity index (χ4v) is 0.871. The maximum Gasteiger partial charge on any atom is -0.171 e. The van der Waals surface area contributed by atoms with Gasteiger partial charge >= 0.3 is 28.2 Å². The molecular weight excluding hydrogens is 423 g/mol. The minimum atomic E-state index is -0.0823. The summed E-state index contributed by atoms with van der Waals surface area (Å²) >= 11 is 1.61. The van der Waals surface area contributed by atoms with E-state index >= 15 is 0 Å². The van der Waals surface area contributed by atoms with Crippen molar-refractivity contribution in [2.45, 2.75) is 39.0 Å². The maximum atomic E-state index is 10.8. The fraction of sp³-hybridized carbons (Fsp3) is 0.900. The van der Waals surface area contributed by atoms with Gasteiger partial charge in [0.2, 0.25) is 5.91 Å². The van der Waals surface area contributed by atoms with Crippen molar-refractivity contribution in [2.24, 2.45) is 0 Å². The van der Waals surface area contributed by atoms with Crippen LogP contribution in [0.15, 0.2) is 0 Å². The van der Waals surface area contributed by atoms with E-state index in [1.165, 1.54) is 19.9 Å². The van der Waals surface area contributed by atoms with E-state index < -0.39 is 0 Å². The minimum Gasteiger partial charge on any atom is -0.679 e. The molecule has 0 bridgehead atoms. The van der Waals surface area contributed by atoms with Crippen LogP contribution in [0.3, 0.4) is 0 Å². The number of carbonyl (C=O) groups excluding carboxylic acids is 1. The van der Waals surface area contributed by atoms with Gasteiger partial charge in [-0.15, -0.1) is 0 Å². The van der Waals surface area contributed by atoms with Gasteiger partial charge in [-0.25, -0.2) is 0 Å². The molecule has 0 aromatic carbocycles. The first-order valence-electron chi connectivity index (χ1n) is 5.49. The van der Waals surface area contributed by atoms with Gasteiger partial charge in [0.15, 0.2) is 0 Å². The SMILES string of the molecule is CCCCCCC(=O)N(C)[NH-].[Cl][Pt].[NH-]CC[NH-]. The molecule has 0 atom stereocenters. The Morgan fingerprint density at radius 3 is 1.94 bits per heavy atom. The van der Waals surface area contributed by atoms with Crippen LogP contribution in [0, 0.1) is 0 Å². The number of nitrogens with zero attached hydrogens (tertiary/aromatic N) is 1. The molecule has 0 radical (unpaired) electrons. The van der Waals surface area contributed by atoms with Crippen molar-refractivity contribution < 1.29 is 23.6 Å². The predicted octanol–water partition coefficient (Wildman–Crippen LogP) is 4.16. The Balaban J connectivity index is -0.000000275. The van der Waals surface area contributed by atoms with E-state index in [0.717, 1.165) is 17.9 Å². The Hall–Kier alpha value is 0.328. The molecule has 5 nitrogen and oxygen atoms in total. The monoisotopic (exact) mass is 445 g/mol. The van der Waals surface area contributed by atoms with Gasteiger partial charge in [0.1, 0.15) is 0 Å². The average Bonchev–Trinajstić information content (AvgIpc) is 2.37. The summed E-state index contributed by atoms with van der Waals surface area (Å²) in [6.07, 6.45) is 4.94. The predicted molar refractivity (Wildman–Crippen MR) is 70.1 cm³/mol. The van der Waals surface area contributed by atoms with Gasteiger partial charge in [-0.3, -0.25) is 4.79 Å². The Morgan fingerprint density at radius 2 is 1.65 bits per heavy atom. The van der Waals surface area contributed by atoms with Crippen LogP contribution in [0.25, 0.3) is 17.3 Å². The molecule has 0 rings (SSSR count). The summed E-state index contributed by atoms with van der Waals surface area (Å²) in [7, 11) is 6.09. The van der Waals surface area contributed by atoms with E-state index in [9.17, 15) is 4.79 Å². The van der Waals surface area contributed by atoms with Gasteiger partial charge in [-0.1, -0.05) is 26.2 Å². The Labute approximate surface area is 120 Å². The number of halogens is 1. The number of hydrogen-bond acceptors (Lipinski definition) is 1. The molecule has 0 aromatic rings. The fourth-order valence-electron chi connectivity index (χ4n) is 0.871. The molecule has 0 heterocycles. The maximum absolute atomic E-state index is 10.8. The van der Waals surface area contributed by atoms with Crippen LogP contribution in [0.4, 0.5) is 0 Å². The molecule has 0 unspecified atom stereocenters. The number of amides is 1. The van der Waals surface area contributed by atoms with Crippen LogP contribution in [0.1, 0.15) is 39.0 Å². The zero-order chi connectivity index (χ0) is 14.1. The van der Waals surface area contributed by atoms with E-state index in [0.29, 0.717) is 6.42 Å². The van der Waals surface area contributed by atoms with Crippen molar-refractivity contribution >= 4 is 15.3 Å². The van der Waals surface area contributed by atoms with Crippen LogP contribution in [-0.4, -0.2) is 31.1 Å². The summed E-state index contributed by atoms with van der Waals surface area (Å²) in [4.78, 5) is 10.8. The third-order valence-corrected chi connectivity index (χ3v) is 1.74. The molecule has 0 saturated heterocycles. The average molecular weight is 446 g/mol. The van der Waals surface area contributed by atoms with Crippen LogP contribution >= 0.6 is 9.42 Å². The Bertz CT molecular complexity index is 148. The van der Waals surface area contributed by atoms with Crippen LogP contribution in [-0.2, 0) is 23.6 Å². The topological polar surface area (TPSA) is 91.7 Å². The summed E-state index contributed by atoms with van der Waals surface area (Å²) in [5, 5.41) is 0.909. The van der Waals surface area contributed by atoms with Gasteiger partial charge in [0.05, 0.1) is 0 Å². The van der Waals surface area contributed by atoms with Gasteiger partial charge < -0.3 is 22.3 Å². The van der Waals surface area contributed by atoms with Crippen molar-refractivity contribution in [1.29, 1.82) is 0 Å². The van der Waals surface area contributed by atoms with Crippen LogP contribution < -0.4 is 0 Å². The molecule has 0 aliphatic rings. The first-order valence-corrected chi connectivity index (χ1v) is 8.30. The van der Waals surface area contributed by atoms with E-state index in [2.05, 4.69) is 16.3 Å². The summed E-state index contributed by atoms with van der Waals surface area (Å²) in [6.45, 7) is 2.61. The second-order valence-electron chi connectivity index (χ2n) is 3.26. The number of nitrogens with one attached hydrogen (secondary N) is 3. The summed E-state index contributed by atoms with van der Waals surface area (Å²) < 4.78 is 0. The van der Waals surface area contributed by atoms with E-state index in [4.69, 9.17) is 17.3 Å². The quantitative estimate of drug-likeness (QED) is 0.445. The molecule has 0 saturated carbocycles. The summed E-state index contributed by atoms with van der Waals surface area (Å²) in [5.41, 5.74) is 12.5. The number of unbranched alkanes of at least 4 members (excludes halogenated alkanes) is 3. The molecule has 1 amide bonds. The van der Waals surface area contributed by atoms with Crippen molar-refractivity contribution in [3.05, 3.63) is 17.3 Å². The third kappa shape index (κ3) is 26.1. The summed E-state index contributed by atoms with van der Waals surface area (Å²) in [5.74, 6) is 6.87. The number of carbonyl (C=O) groups is 1. The molecule has 0 aliphatic heterocycles. The number of hydrogen-bond donors (Lipinski definition) is 0. The molecule has 0 aromatic heterocycles. The van der Waals surface area contributed by atoms with E-state index in [1.54, 1.807) is 18.8 Å². The van der Waals surface area contributed by atoms with Gasteiger partial charge in [0, 0.05) is 6.42 Å². The second kappa shape index (κ2) is 21.6. The molecule has 17 heavy (non-hydrogen) atoms. The summed E-state index contributed by atoms with van der Waals surface area (Å²) in [6, 6.07) is 0. The van der Waals surface area contributed by atoms with E-state index in [-0.39, 0.29) is 19.0 Å². The van der Waals surface area contributed by atoms with Crippen molar-refractivity contribution in [3.8, 4) is 0 Å².